The molecule has 3 atom stereocenters. The molecule has 0 bridgehead atoms. The van der Waals surface area contributed by atoms with Crippen molar-refractivity contribution >= 4 is 15.9 Å². The van der Waals surface area contributed by atoms with Crippen LogP contribution in [-0.2, 0) is 11.2 Å². The first-order chi connectivity index (χ1) is 9.65. The molecule has 0 spiro atoms. The number of likely N-dealkylation sites (N-methyl/N-ethyl adjacent to an activating group) is 1. The van der Waals surface area contributed by atoms with Crippen molar-refractivity contribution in [2.75, 3.05) is 20.3 Å². The fourth-order valence-corrected chi connectivity index (χ4v) is 3.59. The van der Waals surface area contributed by atoms with E-state index in [4.69, 9.17) is 9.47 Å². The summed E-state index contributed by atoms with van der Waals surface area (Å²) in [6, 6.07) is 6.80. The highest BCUT2D eigenvalue weighted by atomic mass is 79.9. The van der Waals surface area contributed by atoms with E-state index in [1.54, 1.807) is 7.11 Å². The molecule has 0 radical (unpaired) electrons. The molecule has 20 heavy (non-hydrogen) atoms. The number of nitrogens with one attached hydrogen (secondary N) is 1. The number of hydrogen-bond acceptors (Lipinski definition) is 3. The lowest BCUT2D eigenvalue weighted by Gasteiger charge is -2.27. The van der Waals surface area contributed by atoms with Crippen LogP contribution >= 0.6 is 15.9 Å². The Morgan fingerprint density at radius 2 is 2.30 bits per heavy atom. The Kier molecular flexibility index (Phi) is 5.87. The molecule has 0 amide bonds. The SMILES string of the molecule is CCNC(Cc1ccc(OC)c(Br)c1)C1CCOC1C. The molecule has 1 aliphatic heterocycles. The summed E-state index contributed by atoms with van der Waals surface area (Å²) in [4.78, 5) is 0. The summed E-state index contributed by atoms with van der Waals surface area (Å²) in [5.74, 6) is 1.47. The van der Waals surface area contributed by atoms with Crippen molar-refractivity contribution in [3.05, 3.63) is 28.2 Å². The quantitative estimate of drug-likeness (QED) is 0.860. The van der Waals surface area contributed by atoms with Crippen LogP contribution in [0.4, 0.5) is 0 Å². The second-order valence-corrected chi connectivity index (χ2v) is 6.22. The van der Waals surface area contributed by atoms with Crippen LogP contribution in [0.1, 0.15) is 25.8 Å². The summed E-state index contributed by atoms with van der Waals surface area (Å²) in [5, 5.41) is 3.62. The highest BCUT2D eigenvalue weighted by molar-refractivity contribution is 9.10. The van der Waals surface area contributed by atoms with Gasteiger partial charge in [0.2, 0.25) is 0 Å². The normalized spacial score (nSPS) is 23.8. The molecule has 0 aromatic heterocycles. The summed E-state index contributed by atoms with van der Waals surface area (Å²) in [6.07, 6.45) is 2.52. The number of rotatable bonds is 6. The maximum Gasteiger partial charge on any atom is 0.133 e. The first-order valence-electron chi connectivity index (χ1n) is 7.33. The first kappa shape index (κ1) is 15.8. The summed E-state index contributed by atoms with van der Waals surface area (Å²) in [7, 11) is 1.69. The van der Waals surface area contributed by atoms with Crippen molar-refractivity contribution in [1.29, 1.82) is 0 Å². The average Bonchev–Trinajstić information content (AvgIpc) is 2.85. The van der Waals surface area contributed by atoms with Crippen molar-refractivity contribution in [3.8, 4) is 5.75 Å². The van der Waals surface area contributed by atoms with Gasteiger partial charge in [-0.15, -0.1) is 0 Å². The zero-order chi connectivity index (χ0) is 14.5. The van der Waals surface area contributed by atoms with Crippen molar-refractivity contribution < 1.29 is 9.47 Å². The zero-order valence-electron chi connectivity index (χ0n) is 12.5. The molecule has 3 unspecified atom stereocenters. The molecule has 1 aromatic carbocycles. The fourth-order valence-electron chi connectivity index (χ4n) is 3.00. The van der Waals surface area contributed by atoms with Gasteiger partial charge in [-0.25, -0.2) is 0 Å². The van der Waals surface area contributed by atoms with Gasteiger partial charge in [0.25, 0.3) is 0 Å². The third-order valence-electron chi connectivity index (χ3n) is 4.09. The van der Waals surface area contributed by atoms with Crippen LogP contribution in [0.2, 0.25) is 0 Å². The van der Waals surface area contributed by atoms with E-state index < -0.39 is 0 Å². The van der Waals surface area contributed by atoms with Gasteiger partial charge in [-0.05, 0) is 59.9 Å². The number of hydrogen-bond donors (Lipinski definition) is 1. The third kappa shape index (κ3) is 3.74. The van der Waals surface area contributed by atoms with E-state index in [2.05, 4.69) is 47.2 Å². The molecule has 0 saturated carbocycles. The minimum Gasteiger partial charge on any atom is -0.496 e. The second kappa shape index (κ2) is 7.43. The Morgan fingerprint density at radius 3 is 2.85 bits per heavy atom. The van der Waals surface area contributed by atoms with E-state index in [-0.39, 0.29) is 0 Å². The van der Waals surface area contributed by atoms with Gasteiger partial charge >= 0.3 is 0 Å². The largest absolute Gasteiger partial charge is 0.496 e. The molecule has 1 N–H and O–H groups in total. The van der Waals surface area contributed by atoms with Gasteiger partial charge in [0.1, 0.15) is 5.75 Å². The smallest absolute Gasteiger partial charge is 0.133 e. The predicted molar refractivity (Wildman–Crippen MR) is 85.4 cm³/mol. The van der Waals surface area contributed by atoms with Crippen LogP contribution in [-0.4, -0.2) is 32.4 Å². The molecule has 2 rings (SSSR count). The van der Waals surface area contributed by atoms with E-state index in [1.165, 1.54) is 5.56 Å². The molecular formula is C16H24BrNO2. The van der Waals surface area contributed by atoms with Crippen LogP contribution in [0.25, 0.3) is 0 Å². The summed E-state index contributed by atoms with van der Waals surface area (Å²) < 4.78 is 12.0. The molecular weight excluding hydrogens is 318 g/mol. The fraction of sp³-hybridized carbons (Fsp3) is 0.625. The first-order valence-corrected chi connectivity index (χ1v) is 8.12. The van der Waals surface area contributed by atoms with Gasteiger partial charge in [-0.2, -0.15) is 0 Å². The van der Waals surface area contributed by atoms with Crippen LogP contribution in [0.5, 0.6) is 5.75 Å². The van der Waals surface area contributed by atoms with Gasteiger partial charge in [0.15, 0.2) is 0 Å². The predicted octanol–water partition coefficient (Wildman–Crippen LogP) is 3.40. The molecule has 4 heteroatoms. The Balaban J connectivity index is 2.09. The zero-order valence-corrected chi connectivity index (χ0v) is 14.1. The minimum atomic E-state index is 0.348. The van der Waals surface area contributed by atoms with E-state index in [9.17, 15) is 0 Å². The lowest BCUT2D eigenvalue weighted by molar-refractivity contribution is 0.0956. The number of halogens is 1. The molecule has 1 aliphatic rings. The van der Waals surface area contributed by atoms with Crippen LogP contribution in [0.15, 0.2) is 22.7 Å². The molecule has 112 valence electrons. The van der Waals surface area contributed by atoms with E-state index in [1.807, 2.05) is 6.07 Å². The molecule has 1 aromatic rings. The Labute approximate surface area is 130 Å². The maximum absolute atomic E-state index is 5.72. The van der Waals surface area contributed by atoms with Crippen molar-refractivity contribution in [2.24, 2.45) is 5.92 Å². The van der Waals surface area contributed by atoms with E-state index in [0.717, 1.165) is 36.2 Å². The second-order valence-electron chi connectivity index (χ2n) is 5.37. The third-order valence-corrected chi connectivity index (χ3v) is 4.71. The van der Waals surface area contributed by atoms with Gasteiger partial charge in [-0.3, -0.25) is 0 Å². The van der Waals surface area contributed by atoms with Crippen LogP contribution in [0.3, 0.4) is 0 Å². The molecule has 0 aliphatic carbocycles. The monoisotopic (exact) mass is 341 g/mol. The molecule has 1 fully saturated rings. The van der Waals surface area contributed by atoms with Gasteiger partial charge in [0.05, 0.1) is 17.7 Å². The number of benzene rings is 1. The van der Waals surface area contributed by atoms with Crippen LogP contribution in [0, 0.1) is 5.92 Å². The van der Waals surface area contributed by atoms with Gasteiger partial charge in [0, 0.05) is 18.6 Å². The molecule has 1 saturated heterocycles. The van der Waals surface area contributed by atoms with Crippen LogP contribution < -0.4 is 10.1 Å². The minimum absolute atomic E-state index is 0.348. The number of methoxy groups -OCH3 is 1. The summed E-state index contributed by atoms with van der Waals surface area (Å²) in [5.41, 5.74) is 1.32. The summed E-state index contributed by atoms with van der Waals surface area (Å²) in [6.45, 7) is 6.23. The van der Waals surface area contributed by atoms with Crippen molar-refractivity contribution in [2.45, 2.75) is 38.8 Å². The van der Waals surface area contributed by atoms with Gasteiger partial charge in [-0.1, -0.05) is 13.0 Å². The number of ether oxygens (including phenoxy) is 2. The van der Waals surface area contributed by atoms with Crippen molar-refractivity contribution in [1.82, 2.24) is 5.32 Å². The lowest BCUT2D eigenvalue weighted by Crippen LogP contribution is -2.40. The van der Waals surface area contributed by atoms with E-state index >= 15 is 0 Å². The topological polar surface area (TPSA) is 30.5 Å². The molecule has 1 heterocycles. The lowest BCUT2D eigenvalue weighted by atomic mass is 9.89. The average molecular weight is 342 g/mol. The van der Waals surface area contributed by atoms with Crippen molar-refractivity contribution in [3.63, 3.8) is 0 Å². The van der Waals surface area contributed by atoms with E-state index in [0.29, 0.717) is 18.1 Å². The Bertz CT molecular complexity index is 438. The molecule has 3 nitrogen and oxygen atoms in total. The Morgan fingerprint density at radius 1 is 1.50 bits per heavy atom. The summed E-state index contributed by atoms with van der Waals surface area (Å²) >= 11 is 3.56. The standard InChI is InChI=1S/C16H24BrNO2/c1-4-18-15(13-7-8-20-11(13)2)10-12-5-6-16(19-3)14(17)9-12/h5-6,9,11,13,15,18H,4,7-8,10H2,1-3H3. The Hall–Kier alpha value is -0.580. The highest BCUT2D eigenvalue weighted by Gasteiger charge is 2.31. The van der Waals surface area contributed by atoms with Gasteiger partial charge < -0.3 is 14.8 Å². The maximum atomic E-state index is 5.72. The highest BCUT2D eigenvalue weighted by Crippen LogP contribution is 2.29.